The number of fused-ring (bicyclic) bond motifs is 1. The lowest BCUT2D eigenvalue weighted by Crippen LogP contribution is -2.43. The van der Waals surface area contributed by atoms with Crippen LogP contribution in [0.25, 0.3) is 5.65 Å². The molecule has 1 unspecified atom stereocenters. The number of hydrogen-bond donors (Lipinski definition) is 2. The van der Waals surface area contributed by atoms with E-state index in [1.807, 2.05) is 16.7 Å². The highest BCUT2D eigenvalue weighted by molar-refractivity contribution is 5.74. The van der Waals surface area contributed by atoms with Gasteiger partial charge in [-0.25, -0.2) is 9.78 Å². The lowest BCUT2D eigenvalue weighted by atomic mass is 9.98. The van der Waals surface area contributed by atoms with Crippen molar-refractivity contribution >= 4 is 11.6 Å². The summed E-state index contributed by atoms with van der Waals surface area (Å²) in [5, 5.41) is 12.8. The largest absolute Gasteiger partial charge is 0.489 e. The first-order valence-corrected chi connectivity index (χ1v) is 7.23. The van der Waals surface area contributed by atoms with Crippen LogP contribution < -0.4 is 10.1 Å². The second-order valence-corrected chi connectivity index (χ2v) is 5.44. The number of methoxy groups -OCH3 is 1. The Morgan fingerprint density at radius 3 is 3.00 bits per heavy atom. The topological polar surface area (TPSA) is 85.1 Å². The molecule has 1 aliphatic heterocycles. The van der Waals surface area contributed by atoms with Crippen LogP contribution in [0.4, 0.5) is 0 Å². The van der Waals surface area contributed by atoms with Gasteiger partial charge in [-0.1, -0.05) is 0 Å². The van der Waals surface area contributed by atoms with Crippen LogP contribution in [0.1, 0.15) is 5.69 Å². The molecular weight excluding hydrogens is 286 g/mol. The summed E-state index contributed by atoms with van der Waals surface area (Å²) in [6, 6.07) is 3.61. The molecule has 0 aromatic carbocycles. The van der Waals surface area contributed by atoms with Crippen molar-refractivity contribution in [2.45, 2.75) is 12.5 Å². The number of aromatic nitrogens is 2. The van der Waals surface area contributed by atoms with Crippen molar-refractivity contribution in [1.29, 1.82) is 0 Å². The molecule has 7 nitrogen and oxygen atoms in total. The summed E-state index contributed by atoms with van der Waals surface area (Å²) in [6.45, 7) is 1.95. The van der Waals surface area contributed by atoms with E-state index in [2.05, 4.69) is 15.0 Å². The number of nitrogens with one attached hydrogen (secondary N) is 1. The van der Waals surface area contributed by atoms with Gasteiger partial charge in [-0.3, -0.25) is 0 Å². The van der Waals surface area contributed by atoms with Gasteiger partial charge in [0.05, 0.1) is 19.0 Å². The Labute approximate surface area is 127 Å². The molecule has 3 heterocycles. The van der Waals surface area contributed by atoms with Gasteiger partial charge >= 0.3 is 5.97 Å². The van der Waals surface area contributed by atoms with E-state index in [0.29, 0.717) is 11.7 Å². The average molecular weight is 305 g/mol. The predicted octanol–water partition coefficient (Wildman–Crippen LogP) is 0.00890. The molecule has 7 heteroatoms. The molecule has 118 valence electrons. The molecular formula is C15H19N3O4. The highest BCUT2D eigenvalue weighted by Crippen LogP contribution is 2.17. The smallest absolute Gasteiger partial charge is 0.338 e. The van der Waals surface area contributed by atoms with Crippen molar-refractivity contribution in [1.82, 2.24) is 14.7 Å². The third-order valence-corrected chi connectivity index (χ3v) is 3.72. The van der Waals surface area contributed by atoms with Gasteiger partial charge in [-0.05, 0) is 37.6 Å². The van der Waals surface area contributed by atoms with E-state index in [9.17, 15) is 9.90 Å². The van der Waals surface area contributed by atoms with Gasteiger partial charge in [0.2, 0.25) is 0 Å². The minimum absolute atomic E-state index is 0.145. The number of ether oxygens (including phenoxy) is 2. The summed E-state index contributed by atoms with van der Waals surface area (Å²) in [6.07, 6.45) is 3.45. The summed E-state index contributed by atoms with van der Waals surface area (Å²) < 4.78 is 11.7. The van der Waals surface area contributed by atoms with E-state index in [-0.39, 0.29) is 6.61 Å². The third kappa shape index (κ3) is 3.20. The number of carbonyl (C=O) groups excluding carboxylic acids is 1. The van der Waals surface area contributed by atoms with Gasteiger partial charge in [0.15, 0.2) is 6.10 Å². The Morgan fingerprint density at radius 2 is 2.32 bits per heavy atom. The molecule has 1 saturated heterocycles. The number of aliphatic hydroxyl groups is 1. The Morgan fingerprint density at radius 1 is 1.50 bits per heavy atom. The van der Waals surface area contributed by atoms with Crippen molar-refractivity contribution in [2.75, 3.05) is 26.8 Å². The zero-order valence-corrected chi connectivity index (χ0v) is 12.4. The summed E-state index contributed by atoms with van der Waals surface area (Å²) >= 11 is 0. The van der Waals surface area contributed by atoms with Crippen LogP contribution in [-0.4, -0.2) is 53.4 Å². The molecule has 2 aromatic rings. The summed E-state index contributed by atoms with van der Waals surface area (Å²) in [4.78, 5) is 15.7. The molecule has 0 saturated carbocycles. The number of aliphatic hydroxyl groups excluding tert-OH is 1. The van der Waals surface area contributed by atoms with E-state index in [4.69, 9.17) is 4.74 Å². The monoisotopic (exact) mass is 305 g/mol. The SMILES string of the molecule is COC(=O)C(O)COc1ccc2nc(CC3CNC3)cn2c1. The van der Waals surface area contributed by atoms with Crippen molar-refractivity contribution in [3.05, 3.63) is 30.2 Å². The molecule has 0 spiro atoms. The first-order valence-electron chi connectivity index (χ1n) is 7.23. The Balaban J connectivity index is 1.65. The Bertz CT molecular complexity index is 666. The van der Waals surface area contributed by atoms with Gasteiger partial charge < -0.3 is 24.3 Å². The molecule has 2 N–H and O–H groups in total. The number of rotatable bonds is 6. The number of pyridine rings is 1. The van der Waals surface area contributed by atoms with E-state index in [1.165, 1.54) is 7.11 Å². The van der Waals surface area contributed by atoms with Gasteiger partial charge in [0, 0.05) is 6.20 Å². The Kier molecular flexibility index (Phi) is 4.26. The van der Waals surface area contributed by atoms with Gasteiger partial charge in [-0.2, -0.15) is 0 Å². The zero-order chi connectivity index (χ0) is 15.5. The maximum absolute atomic E-state index is 11.1. The van der Waals surface area contributed by atoms with Crippen LogP contribution >= 0.6 is 0 Å². The molecule has 22 heavy (non-hydrogen) atoms. The van der Waals surface area contributed by atoms with Crippen LogP contribution in [0.3, 0.4) is 0 Å². The lowest BCUT2D eigenvalue weighted by molar-refractivity contribution is -0.151. The maximum atomic E-state index is 11.1. The minimum Gasteiger partial charge on any atom is -0.489 e. The first-order chi connectivity index (χ1) is 10.7. The second kappa shape index (κ2) is 6.33. The fourth-order valence-corrected chi connectivity index (χ4v) is 2.38. The molecule has 1 aliphatic rings. The Hall–Kier alpha value is -2.12. The molecule has 1 atom stereocenters. The van der Waals surface area contributed by atoms with Crippen LogP contribution in [0, 0.1) is 5.92 Å². The van der Waals surface area contributed by atoms with Gasteiger partial charge in [0.1, 0.15) is 18.0 Å². The molecule has 0 radical (unpaired) electrons. The van der Waals surface area contributed by atoms with Crippen LogP contribution in [0.5, 0.6) is 5.75 Å². The highest BCUT2D eigenvalue weighted by Gasteiger charge is 2.19. The quantitative estimate of drug-likeness (QED) is 0.731. The summed E-state index contributed by atoms with van der Waals surface area (Å²) in [7, 11) is 1.22. The van der Waals surface area contributed by atoms with E-state index in [1.54, 1.807) is 12.3 Å². The number of imidazole rings is 1. The normalized spacial score (nSPS) is 16.3. The van der Waals surface area contributed by atoms with E-state index < -0.39 is 12.1 Å². The van der Waals surface area contributed by atoms with Gasteiger partial charge in [0.25, 0.3) is 0 Å². The van der Waals surface area contributed by atoms with E-state index in [0.717, 1.165) is 30.9 Å². The number of esters is 1. The maximum Gasteiger partial charge on any atom is 0.338 e. The fraction of sp³-hybridized carbons (Fsp3) is 0.467. The molecule has 0 amide bonds. The first kappa shape index (κ1) is 14.8. The number of nitrogens with zero attached hydrogens (tertiary/aromatic N) is 2. The lowest BCUT2D eigenvalue weighted by Gasteiger charge is -2.25. The standard InChI is InChI=1S/C15H19N3O4/c1-21-15(20)13(19)9-22-12-2-3-14-17-11(7-18(14)8-12)4-10-5-16-6-10/h2-3,7-8,10,13,16,19H,4-6,9H2,1H3. The van der Waals surface area contributed by atoms with Crippen molar-refractivity contribution in [3.8, 4) is 5.75 Å². The van der Waals surface area contributed by atoms with Crippen molar-refractivity contribution in [2.24, 2.45) is 5.92 Å². The molecule has 0 aliphatic carbocycles. The van der Waals surface area contributed by atoms with Gasteiger partial charge in [-0.15, -0.1) is 0 Å². The van der Waals surface area contributed by atoms with Crippen molar-refractivity contribution in [3.63, 3.8) is 0 Å². The van der Waals surface area contributed by atoms with E-state index >= 15 is 0 Å². The van der Waals surface area contributed by atoms with Crippen molar-refractivity contribution < 1.29 is 19.4 Å². The molecule has 0 bridgehead atoms. The minimum atomic E-state index is -1.29. The summed E-state index contributed by atoms with van der Waals surface area (Å²) in [5.41, 5.74) is 1.90. The molecule has 2 aromatic heterocycles. The second-order valence-electron chi connectivity index (χ2n) is 5.44. The third-order valence-electron chi connectivity index (χ3n) is 3.72. The molecule has 3 rings (SSSR count). The zero-order valence-electron chi connectivity index (χ0n) is 12.4. The number of hydrogen-bond acceptors (Lipinski definition) is 6. The predicted molar refractivity (Wildman–Crippen MR) is 78.8 cm³/mol. The average Bonchev–Trinajstić information content (AvgIpc) is 2.89. The summed E-state index contributed by atoms with van der Waals surface area (Å²) in [5.74, 6) is 0.514. The van der Waals surface area contributed by atoms with Crippen LogP contribution in [0.2, 0.25) is 0 Å². The molecule has 1 fully saturated rings. The fourth-order valence-electron chi connectivity index (χ4n) is 2.38. The number of carbonyl (C=O) groups is 1. The van der Waals surface area contributed by atoms with Crippen LogP contribution in [-0.2, 0) is 16.0 Å². The highest BCUT2D eigenvalue weighted by atomic mass is 16.5. The van der Waals surface area contributed by atoms with Crippen LogP contribution in [0.15, 0.2) is 24.5 Å².